The van der Waals surface area contributed by atoms with Crippen LogP contribution in [0.5, 0.6) is 5.75 Å². The molecule has 0 bridgehead atoms. The third-order valence-electron chi connectivity index (χ3n) is 4.86. The summed E-state index contributed by atoms with van der Waals surface area (Å²) in [6, 6.07) is 13.6. The molecule has 0 radical (unpaired) electrons. The molecule has 1 aliphatic heterocycles. The summed E-state index contributed by atoms with van der Waals surface area (Å²) in [6.45, 7) is 0.607. The predicted molar refractivity (Wildman–Crippen MR) is 120 cm³/mol. The molecule has 2 N–H and O–H groups in total. The van der Waals surface area contributed by atoms with Crippen LogP contribution in [0.15, 0.2) is 48.5 Å². The first-order valence-electron chi connectivity index (χ1n) is 9.65. The zero-order valence-electron chi connectivity index (χ0n) is 16.7. The third kappa shape index (κ3) is 4.95. The molecule has 0 saturated carbocycles. The topological polar surface area (TPSA) is 96.4 Å². The molecular formula is C21H20ClN5O3S. The smallest absolute Gasteiger partial charge is 0.322 e. The highest BCUT2D eigenvalue weighted by Crippen LogP contribution is 2.34. The Kier molecular flexibility index (Phi) is 6.34. The van der Waals surface area contributed by atoms with E-state index in [1.54, 1.807) is 60.5 Å². The molecular weight excluding hydrogens is 438 g/mol. The molecule has 1 atom stereocenters. The Bertz CT molecular complexity index is 1090. The molecule has 31 heavy (non-hydrogen) atoms. The van der Waals surface area contributed by atoms with Crippen molar-refractivity contribution in [3.8, 4) is 5.75 Å². The number of methoxy groups -OCH3 is 1. The molecule has 2 heterocycles. The van der Waals surface area contributed by atoms with E-state index >= 15 is 0 Å². The number of carbonyl (C=O) groups excluding carboxylic acids is 2. The summed E-state index contributed by atoms with van der Waals surface area (Å²) in [7, 11) is 1.59. The maximum Gasteiger partial charge on any atom is 0.322 e. The number of hydrogen-bond acceptors (Lipinski definition) is 6. The number of urea groups is 1. The number of likely N-dealkylation sites (tertiary alicyclic amines) is 1. The highest BCUT2D eigenvalue weighted by Gasteiger charge is 2.33. The predicted octanol–water partition coefficient (Wildman–Crippen LogP) is 4.82. The zero-order chi connectivity index (χ0) is 21.8. The average molecular weight is 458 g/mol. The van der Waals surface area contributed by atoms with Gasteiger partial charge in [-0.05, 0) is 55.3 Å². The van der Waals surface area contributed by atoms with Crippen LogP contribution >= 0.6 is 22.9 Å². The normalized spacial score (nSPS) is 15.5. The second-order valence-corrected chi connectivity index (χ2v) is 8.37. The molecule has 1 saturated heterocycles. The van der Waals surface area contributed by atoms with Gasteiger partial charge in [0.25, 0.3) is 5.91 Å². The van der Waals surface area contributed by atoms with Crippen LogP contribution in [0.25, 0.3) is 0 Å². The van der Waals surface area contributed by atoms with Gasteiger partial charge in [-0.1, -0.05) is 29.0 Å². The lowest BCUT2D eigenvalue weighted by Crippen LogP contribution is -2.34. The van der Waals surface area contributed by atoms with Crippen molar-refractivity contribution in [2.45, 2.75) is 18.9 Å². The van der Waals surface area contributed by atoms with Crippen molar-refractivity contribution in [3.63, 3.8) is 0 Å². The Labute approximate surface area is 188 Å². The van der Waals surface area contributed by atoms with E-state index in [-0.39, 0.29) is 23.0 Å². The van der Waals surface area contributed by atoms with E-state index < -0.39 is 0 Å². The van der Waals surface area contributed by atoms with Crippen LogP contribution in [-0.4, -0.2) is 40.7 Å². The maximum absolute atomic E-state index is 12.8. The highest BCUT2D eigenvalue weighted by molar-refractivity contribution is 7.13. The highest BCUT2D eigenvalue weighted by atomic mass is 35.5. The lowest BCUT2D eigenvalue weighted by atomic mass is 10.2. The van der Waals surface area contributed by atoms with Gasteiger partial charge in [-0.15, -0.1) is 10.2 Å². The van der Waals surface area contributed by atoms with E-state index in [0.717, 1.165) is 18.6 Å². The minimum atomic E-state index is -0.363. The van der Waals surface area contributed by atoms with Gasteiger partial charge in [0.2, 0.25) is 5.01 Å². The largest absolute Gasteiger partial charge is 0.497 e. The van der Waals surface area contributed by atoms with Crippen molar-refractivity contribution in [2.24, 2.45) is 0 Å². The fourth-order valence-electron chi connectivity index (χ4n) is 3.35. The van der Waals surface area contributed by atoms with E-state index in [4.69, 9.17) is 16.3 Å². The summed E-state index contributed by atoms with van der Waals surface area (Å²) in [5, 5.41) is 15.3. The van der Waals surface area contributed by atoms with Crippen molar-refractivity contribution in [1.82, 2.24) is 15.1 Å². The van der Waals surface area contributed by atoms with Crippen molar-refractivity contribution >= 4 is 46.3 Å². The van der Waals surface area contributed by atoms with Crippen LogP contribution < -0.4 is 15.4 Å². The van der Waals surface area contributed by atoms with E-state index in [9.17, 15) is 9.59 Å². The van der Waals surface area contributed by atoms with Crippen LogP contribution in [0.1, 0.15) is 33.7 Å². The molecule has 4 rings (SSSR count). The molecule has 1 fully saturated rings. The van der Waals surface area contributed by atoms with Crippen molar-refractivity contribution < 1.29 is 14.3 Å². The Balaban J connectivity index is 1.43. The van der Waals surface area contributed by atoms with Crippen LogP contribution in [0.2, 0.25) is 5.02 Å². The zero-order valence-corrected chi connectivity index (χ0v) is 18.2. The second kappa shape index (κ2) is 9.32. The fraction of sp³-hybridized carbons (Fsp3) is 0.238. The number of halogens is 1. The number of nitrogens with one attached hydrogen (secondary N) is 2. The Morgan fingerprint density at radius 2 is 1.94 bits per heavy atom. The number of ether oxygens (including phenoxy) is 1. The van der Waals surface area contributed by atoms with E-state index in [2.05, 4.69) is 20.8 Å². The number of carbonyl (C=O) groups is 2. The first-order chi connectivity index (χ1) is 15.0. The van der Waals surface area contributed by atoms with Crippen molar-refractivity contribution in [1.29, 1.82) is 0 Å². The van der Waals surface area contributed by atoms with Gasteiger partial charge >= 0.3 is 6.03 Å². The van der Waals surface area contributed by atoms with E-state index in [0.29, 0.717) is 27.9 Å². The van der Waals surface area contributed by atoms with Crippen molar-refractivity contribution in [3.05, 3.63) is 63.6 Å². The molecule has 1 aliphatic rings. The molecule has 160 valence electrons. The van der Waals surface area contributed by atoms with Gasteiger partial charge in [-0.2, -0.15) is 0 Å². The molecule has 3 aromatic rings. The summed E-state index contributed by atoms with van der Waals surface area (Å²) in [4.78, 5) is 27.1. The number of hydrogen-bond donors (Lipinski definition) is 2. The Hall–Kier alpha value is -3.17. The third-order valence-corrected chi connectivity index (χ3v) is 6.12. The van der Waals surface area contributed by atoms with Gasteiger partial charge in [0, 0.05) is 22.9 Å². The van der Waals surface area contributed by atoms with Gasteiger partial charge < -0.3 is 20.3 Å². The van der Waals surface area contributed by atoms with E-state index in [1.165, 1.54) is 11.3 Å². The molecule has 0 aliphatic carbocycles. The Morgan fingerprint density at radius 3 is 2.68 bits per heavy atom. The average Bonchev–Trinajstić information content (AvgIpc) is 3.44. The number of aromatic nitrogens is 2. The number of benzene rings is 2. The number of amides is 3. The first-order valence-corrected chi connectivity index (χ1v) is 10.8. The SMILES string of the molecule is COc1ccc(NC(=O)N2CCC[C@H]2c2nnc(C(=O)Nc3cccc(Cl)c3)s2)cc1. The Morgan fingerprint density at radius 1 is 1.13 bits per heavy atom. The van der Waals surface area contributed by atoms with Crippen LogP contribution in [-0.2, 0) is 0 Å². The van der Waals surface area contributed by atoms with Gasteiger partial charge in [0.05, 0.1) is 13.2 Å². The standard InChI is InChI=1S/C21H20ClN5O3S/c1-30-16-9-7-14(8-10-16)24-21(29)27-11-3-6-17(27)19-25-26-20(31-19)18(28)23-15-5-2-4-13(22)12-15/h2,4-5,7-10,12,17H,3,6,11H2,1H3,(H,23,28)(H,24,29)/t17-/m0/s1. The summed E-state index contributed by atoms with van der Waals surface area (Å²) in [6.07, 6.45) is 1.62. The van der Waals surface area contributed by atoms with Gasteiger partial charge in [0.15, 0.2) is 0 Å². The lowest BCUT2D eigenvalue weighted by Gasteiger charge is -2.23. The molecule has 10 heteroatoms. The fourth-order valence-corrected chi connectivity index (χ4v) is 4.42. The monoisotopic (exact) mass is 457 g/mol. The van der Waals surface area contributed by atoms with Crippen LogP contribution in [0.3, 0.4) is 0 Å². The second-order valence-electron chi connectivity index (χ2n) is 6.92. The summed E-state index contributed by atoms with van der Waals surface area (Å²) in [5.41, 5.74) is 1.26. The maximum atomic E-state index is 12.8. The summed E-state index contributed by atoms with van der Waals surface area (Å²) in [5.74, 6) is 0.354. The molecule has 0 unspecified atom stereocenters. The molecule has 0 spiro atoms. The molecule has 1 aromatic heterocycles. The summed E-state index contributed by atoms with van der Waals surface area (Å²) < 4.78 is 5.14. The number of anilines is 2. The van der Waals surface area contributed by atoms with Gasteiger partial charge in [-0.3, -0.25) is 4.79 Å². The summed E-state index contributed by atoms with van der Waals surface area (Å²) >= 11 is 7.15. The van der Waals surface area contributed by atoms with Gasteiger partial charge in [0.1, 0.15) is 10.8 Å². The lowest BCUT2D eigenvalue weighted by molar-refractivity contribution is 0.102. The van der Waals surface area contributed by atoms with E-state index in [1.807, 2.05) is 0 Å². The van der Waals surface area contributed by atoms with Gasteiger partial charge in [-0.25, -0.2) is 4.79 Å². The minimum Gasteiger partial charge on any atom is -0.497 e. The van der Waals surface area contributed by atoms with Crippen molar-refractivity contribution in [2.75, 3.05) is 24.3 Å². The number of rotatable bonds is 5. The van der Waals surface area contributed by atoms with Crippen LogP contribution in [0, 0.1) is 0 Å². The molecule has 3 amide bonds. The minimum absolute atomic E-state index is 0.215. The van der Waals surface area contributed by atoms with Crippen LogP contribution in [0.4, 0.5) is 16.2 Å². The molecule has 2 aromatic carbocycles. The first kappa shape index (κ1) is 21.1. The quantitative estimate of drug-likeness (QED) is 0.572. The molecule has 8 nitrogen and oxygen atoms in total. The number of nitrogens with zero attached hydrogens (tertiary/aromatic N) is 3.